The van der Waals surface area contributed by atoms with Gasteiger partial charge < -0.3 is 9.47 Å². The lowest BCUT2D eigenvalue weighted by molar-refractivity contribution is 0.267. The van der Waals surface area contributed by atoms with Gasteiger partial charge in [-0.15, -0.1) is 0 Å². The molecule has 37 heavy (non-hydrogen) atoms. The molecule has 0 saturated heterocycles. The number of aryl methyl sites for hydroxylation is 1. The van der Waals surface area contributed by atoms with Crippen LogP contribution in [0.15, 0.2) is 69.0 Å². The van der Waals surface area contributed by atoms with Gasteiger partial charge in [0.25, 0.3) is 5.56 Å². The fourth-order valence-corrected chi connectivity index (χ4v) is 5.03. The molecule has 0 fully saturated rings. The van der Waals surface area contributed by atoms with E-state index in [-0.39, 0.29) is 5.56 Å². The second-order valence-electron chi connectivity index (χ2n) is 9.75. The third-order valence-electron chi connectivity index (χ3n) is 5.60. The summed E-state index contributed by atoms with van der Waals surface area (Å²) in [5.41, 5.74) is 3.10. The van der Waals surface area contributed by atoms with Crippen molar-refractivity contribution in [2.75, 3.05) is 6.61 Å². The number of aromatic nitrogens is 2. The van der Waals surface area contributed by atoms with Gasteiger partial charge in [0.2, 0.25) is 0 Å². The van der Waals surface area contributed by atoms with Crippen LogP contribution in [0.2, 0.25) is 0 Å². The molecule has 0 unspecified atom stereocenters. The third kappa shape index (κ3) is 6.41. The number of fused-ring (bicyclic) bond motifs is 1. The number of hydrogen-bond donors (Lipinski definition) is 0. The van der Waals surface area contributed by atoms with Crippen molar-refractivity contribution in [3.05, 3.63) is 95.5 Å². The van der Waals surface area contributed by atoms with Gasteiger partial charge in [0, 0.05) is 9.89 Å². The highest BCUT2D eigenvalue weighted by Gasteiger charge is 2.23. The molecule has 0 saturated carbocycles. The van der Waals surface area contributed by atoms with Crippen LogP contribution in [0.5, 0.6) is 11.5 Å². The van der Waals surface area contributed by atoms with Crippen molar-refractivity contribution in [3.8, 4) is 11.5 Å². The molecule has 8 heteroatoms. The average Bonchev–Trinajstić information content (AvgIpc) is 2.83. The first kappa shape index (κ1) is 27.3. The molecule has 4 aromatic rings. The molecule has 4 rings (SSSR count). The monoisotopic (exact) mass is 673 g/mol. The fourth-order valence-electron chi connectivity index (χ4n) is 3.89. The summed E-state index contributed by atoms with van der Waals surface area (Å²) in [6.45, 7) is 11.0. The van der Waals surface area contributed by atoms with Crippen LogP contribution in [0.4, 0.5) is 0 Å². The van der Waals surface area contributed by atoms with Gasteiger partial charge >= 0.3 is 0 Å². The minimum Gasteiger partial charge on any atom is -0.490 e. The van der Waals surface area contributed by atoms with E-state index in [1.807, 2.05) is 64.1 Å². The van der Waals surface area contributed by atoms with Gasteiger partial charge in [0.15, 0.2) is 11.5 Å². The van der Waals surface area contributed by atoms with E-state index in [1.165, 1.54) is 10.2 Å². The zero-order valence-corrected chi connectivity index (χ0v) is 25.3. The summed E-state index contributed by atoms with van der Waals surface area (Å²) in [6.07, 6.45) is 1.66. The van der Waals surface area contributed by atoms with E-state index in [0.29, 0.717) is 41.4 Å². The number of benzene rings is 3. The first-order valence-electron chi connectivity index (χ1n) is 12.0. The smallest absolute Gasteiger partial charge is 0.282 e. The predicted octanol–water partition coefficient (Wildman–Crippen LogP) is 7.23. The van der Waals surface area contributed by atoms with E-state index >= 15 is 0 Å². The van der Waals surface area contributed by atoms with Crippen LogP contribution in [-0.2, 0) is 12.0 Å². The number of rotatable bonds is 7. The molecule has 0 amide bonds. The first-order valence-corrected chi connectivity index (χ1v) is 13.9. The molecule has 3 aromatic carbocycles. The Morgan fingerprint density at radius 1 is 1.11 bits per heavy atom. The quantitative estimate of drug-likeness (QED) is 0.153. The molecule has 6 nitrogen and oxygen atoms in total. The lowest BCUT2D eigenvalue weighted by Crippen LogP contribution is -2.29. The molecule has 192 valence electrons. The van der Waals surface area contributed by atoms with Crippen LogP contribution < -0.4 is 15.0 Å². The van der Waals surface area contributed by atoms with E-state index in [9.17, 15) is 4.79 Å². The van der Waals surface area contributed by atoms with Crippen LogP contribution >= 0.6 is 38.5 Å². The number of ether oxygens (including phenoxy) is 2. The lowest BCUT2D eigenvalue weighted by atomic mass is 9.95. The summed E-state index contributed by atoms with van der Waals surface area (Å²) >= 11 is 5.70. The molecule has 0 atom stereocenters. The average molecular weight is 674 g/mol. The summed E-state index contributed by atoms with van der Waals surface area (Å²) in [5.74, 6) is 1.90. The van der Waals surface area contributed by atoms with Crippen molar-refractivity contribution in [1.29, 1.82) is 0 Å². The summed E-state index contributed by atoms with van der Waals surface area (Å²) in [6, 6.07) is 17.6. The maximum atomic E-state index is 13.4. The summed E-state index contributed by atoms with van der Waals surface area (Å²) in [4.78, 5) is 18.2. The van der Waals surface area contributed by atoms with Crippen molar-refractivity contribution >= 4 is 55.6 Å². The topological polar surface area (TPSA) is 65.7 Å². The SMILES string of the molecule is CCOc1cc(C=Nn2c(C(C)(C)C)nc3ccc(Br)cc3c2=O)cc(I)c1OCc1cccc(C)c1. The van der Waals surface area contributed by atoms with E-state index in [4.69, 9.17) is 14.5 Å². The molecule has 0 radical (unpaired) electrons. The largest absolute Gasteiger partial charge is 0.490 e. The first-order chi connectivity index (χ1) is 17.6. The van der Waals surface area contributed by atoms with Crippen molar-refractivity contribution in [2.45, 2.75) is 46.6 Å². The van der Waals surface area contributed by atoms with Gasteiger partial charge in [-0.1, -0.05) is 66.5 Å². The minimum atomic E-state index is -0.393. The predicted molar refractivity (Wildman–Crippen MR) is 161 cm³/mol. The summed E-state index contributed by atoms with van der Waals surface area (Å²) in [5, 5.41) is 5.10. The van der Waals surface area contributed by atoms with Crippen molar-refractivity contribution in [1.82, 2.24) is 9.66 Å². The second-order valence-corrected chi connectivity index (χ2v) is 11.8. The van der Waals surface area contributed by atoms with Crippen LogP contribution in [0.3, 0.4) is 0 Å². The van der Waals surface area contributed by atoms with Gasteiger partial charge in [-0.25, -0.2) is 4.98 Å². The summed E-state index contributed by atoms with van der Waals surface area (Å²) in [7, 11) is 0. The second kappa shape index (κ2) is 11.3. The maximum Gasteiger partial charge on any atom is 0.282 e. The van der Waals surface area contributed by atoms with E-state index in [0.717, 1.165) is 19.2 Å². The van der Waals surface area contributed by atoms with Crippen LogP contribution in [0.25, 0.3) is 10.9 Å². The Kier molecular flexibility index (Phi) is 8.38. The third-order valence-corrected chi connectivity index (χ3v) is 6.89. The molecule has 0 aliphatic rings. The van der Waals surface area contributed by atoms with Crippen molar-refractivity contribution in [2.24, 2.45) is 5.10 Å². The summed E-state index contributed by atoms with van der Waals surface area (Å²) < 4.78 is 15.2. The molecule has 1 heterocycles. The van der Waals surface area contributed by atoms with E-state index in [1.54, 1.807) is 12.3 Å². The Bertz CT molecular complexity index is 1540. The molecule has 0 bridgehead atoms. The maximum absolute atomic E-state index is 13.4. The highest BCUT2D eigenvalue weighted by Crippen LogP contribution is 2.34. The van der Waals surface area contributed by atoms with Crippen LogP contribution in [0, 0.1) is 10.5 Å². The Hall–Kier alpha value is -2.72. The normalized spacial score (nSPS) is 11.9. The molecular formula is C29H29BrIN3O3. The van der Waals surface area contributed by atoms with Crippen LogP contribution in [-0.4, -0.2) is 22.5 Å². The van der Waals surface area contributed by atoms with Gasteiger partial charge in [-0.05, 0) is 77.9 Å². The molecular weight excluding hydrogens is 645 g/mol. The molecule has 0 N–H and O–H groups in total. The lowest BCUT2D eigenvalue weighted by Gasteiger charge is -2.21. The zero-order valence-electron chi connectivity index (χ0n) is 21.5. The number of nitrogens with zero attached hydrogens (tertiary/aromatic N) is 3. The Labute approximate surface area is 239 Å². The Morgan fingerprint density at radius 3 is 2.59 bits per heavy atom. The van der Waals surface area contributed by atoms with Crippen molar-refractivity contribution in [3.63, 3.8) is 0 Å². The Balaban J connectivity index is 1.73. The van der Waals surface area contributed by atoms with E-state index in [2.05, 4.69) is 62.7 Å². The molecule has 1 aromatic heterocycles. The molecule has 0 aliphatic heterocycles. The minimum absolute atomic E-state index is 0.217. The Morgan fingerprint density at radius 2 is 1.89 bits per heavy atom. The van der Waals surface area contributed by atoms with Gasteiger partial charge in [0.05, 0.1) is 27.3 Å². The molecule has 0 spiro atoms. The molecule has 0 aliphatic carbocycles. The standard InChI is InChI=1S/C29H29BrIN3O3/c1-6-36-25-14-20(13-23(31)26(25)37-17-19-9-7-8-18(2)12-19)16-32-34-27(35)22-15-21(30)10-11-24(22)33-28(34)29(3,4)5/h7-16H,6,17H2,1-5H3. The van der Waals surface area contributed by atoms with Gasteiger partial charge in [-0.3, -0.25) is 4.79 Å². The highest BCUT2D eigenvalue weighted by molar-refractivity contribution is 14.1. The van der Waals surface area contributed by atoms with Gasteiger partial charge in [-0.2, -0.15) is 9.78 Å². The number of hydrogen-bond acceptors (Lipinski definition) is 5. The van der Waals surface area contributed by atoms with Gasteiger partial charge in [0.1, 0.15) is 12.4 Å². The van der Waals surface area contributed by atoms with Crippen LogP contribution in [0.1, 0.15) is 50.2 Å². The number of halogens is 2. The fraction of sp³-hybridized carbons (Fsp3) is 0.276. The van der Waals surface area contributed by atoms with E-state index < -0.39 is 5.41 Å². The van der Waals surface area contributed by atoms with Crippen molar-refractivity contribution < 1.29 is 9.47 Å². The zero-order chi connectivity index (χ0) is 26.7. The highest BCUT2D eigenvalue weighted by atomic mass is 127.